The number of halogens is 1. The van der Waals surface area contributed by atoms with E-state index in [-0.39, 0.29) is 18.0 Å². The zero-order valence-corrected chi connectivity index (χ0v) is 12.3. The molecule has 18 heavy (non-hydrogen) atoms. The highest BCUT2D eigenvalue weighted by Crippen LogP contribution is 2.15. The summed E-state index contributed by atoms with van der Waals surface area (Å²) >= 11 is 3.38. The second-order valence-electron chi connectivity index (χ2n) is 4.51. The average molecular weight is 314 g/mol. The Bertz CT molecular complexity index is 378. The SMILES string of the molecule is CC(C)NC(=O)CC(CN)Nc1ccc(Br)cc1. The smallest absolute Gasteiger partial charge is 0.222 e. The Balaban J connectivity index is 2.51. The van der Waals surface area contributed by atoms with Crippen LogP contribution in [0.3, 0.4) is 0 Å². The van der Waals surface area contributed by atoms with Crippen molar-refractivity contribution in [1.29, 1.82) is 0 Å². The lowest BCUT2D eigenvalue weighted by molar-refractivity contribution is -0.121. The van der Waals surface area contributed by atoms with E-state index in [1.807, 2.05) is 38.1 Å². The molecule has 0 spiro atoms. The van der Waals surface area contributed by atoms with Crippen LogP contribution in [0.25, 0.3) is 0 Å². The number of benzene rings is 1. The minimum atomic E-state index is -0.0510. The van der Waals surface area contributed by atoms with E-state index in [0.29, 0.717) is 13.0 Å². The Morgan fingerprint density at radius 2 is 1.94 bits per heavy atom. The number of nitrogens with two attached hydrogens (primary N) is 1. The number of rotatable bonds is 6. The van der Waals surface area contributed by atoms with Gasteiger partial charge in [0.05, 0.1) is 0 Å². The topological polar surface area (TPSA) is 67.2 Å². The van der Waals surface area contributed by atoms with Gasteiger partial charge < -0.3 is 16.4 Å². The number of hydrogen-bond acceptors (Lipinski definition) is 3. The fourth-order valence-corrected chi connectivity index (χ4v) is 1.84. The van der Waals surface area contributed by atoms with Crippen molar-refractivity contribution in [3.8, 4) is 0 Å². The molecule has 0 radical (unpaired) electrons. The molecule has 0 bridgehead atoms. The summed E-state index contributed by atoms with van der Waals surface area (Å²) in [6.07, 6.45) is 0.380. The Kier molecular flexibility index (Phi) is 6.15. The summed E-state index contributed by atoms with van der Waals surface area (Å²) in [6, 6.07) is 7.91. The summed E-state index contributed by atoms with van der Waals surface area (Å²) in [7, 11) is 0. The highest BCUT2D eigenvalue weighted by molar-refractivity contribution is 9.10. The molecular weight excluding hydrogens is 294 g/mol. The fourth-order valence-electron chi connectivity index (χ4n) is 1.58. The quantitative estimate of drug-likeness (QED) is 0.753. The number of carbonyl (C=O) groups is 1. The van der Waals surface area contributed by atoms with Gasteiger partial charge in [-0.2, -0.15) is 0 Å². The third-order valence-corrected chi connectivity index (χ3v) is 2.91. The van der Waals surface area contributed by atoms with Crippen LogP contribution in [0.4, 0.5) is 5.69 Å². The molecule has 1 aromatic carbocycles. The van der Waals surface area contributed by atoms with Crippen LogP contribution in [0.1, 0.15) is 20.3 Å². The highest BCUT2D eigenvalue weighted by atomic mass is 79.9. The number of carbonyl (C=O) groups excluding carboxylic acids is 1. The molecule has 4 N–H and O–H groups in total. The Hall–Kier alpha value is -1.07. The van der Waals surface area contributed by atoms with E-state index >= 15 is 0 Å². The molecule has 0 aliphatic heterocycles. The molecular formula is C13H20BrN3O. The summed E-state index contributed by atoms with van der Waals surface area (Å²) < 4.78 is 1.02. The van der Waals surface area contributed by atoms with Crippen molar-refractivity contribution in [2.75, 3.05) is 11.9 Å². The van der Waals surface area contributed by atoms with Crippen molar-refractivity contribution < 1.29 is 4.79 Å². The van der Waals surface area contributed by atoms with Crippen LogP contribution in [0.5, 0.6) is 0 Å². The maximum atomic E-state index is 11.7. The highest BCUT2D eigenvalue weighted by Gasteiger charge is 2.12. The van der Waals surface area contributed by atoms with Crippen LogP contribution >= 0.6 is 15.9 Å². The maximum absolute atomic E-state index is 11.7. The van der Waals surface area contributed by atoms with Gasteiger partial charge in [-0.1, -0.05) is 15.9 Å². The second-order valence-corrected chi connectivity index (χ2v) is 5.43. The Morgan fingerprint density at radius 1 is 1.33 bits per heavy atom. The molecule has 0 saturated heterocycles. The molecule has 0 aliphatic rings. The van der Waals surface area contributed by atoms with Crippen molar-refractivity contribution >= 4 is 27.5 Å². The van der Waals surface area contributed by atoms with E-state index < -0.39 is 0 Å². The molecule has 1 amide bonds. The first kappa shape index (κ1) is 15.0. The van der Waals surface area contributed by atoms with E-state index in [1.54, 1.807) is 0 Å². The van der Waals surface area contributed by atoms with E-state index in [0.717, 1.165) is 10.2 Å². The number of anilines is 1. The van der Waals surface area contributed by atoms with Crippen LogP contribution < -0.4 is 16.4 Å². The summed E-state index contributed by atoms with van der Waals surface area (Å²) in [6.45, 7) is 4.30. The molecule has 0 aromatic heterocycles. The van der Waals surface area contributed by atoms with E-state index in [4.69, 9.17) is 5.73 Å². The molecule has 1 rings (SSSR count). The van der Waals surface area contributed by atoms with Crippen molar-refractivity contribution in [2.24, 2.45) is 5.73 Å². The number of nitrogens with one attached hydrogen (secondary N) is 2. The first-order valence-electron chi connectivity index (χ1n) is 6.02. The molecule has 100 valence electrons. The van der Waals surface area contributed by atoms with Gasteiger partial charge >= 0.3 is 0 Å². The van der Waals surface area contributed by atoms with E-state index in [1.165, 1.54) is 0 Å². The van der Waals surface area contributed by atoms with Crippen LogP contribution in [0.2, 0.25) is 0 Å². The van der Waals surface area contributed by atoms with Gasteiger partial charge in [-0.15, -0.1) is 0 Å². The van der Waals surface area contributed by atoms with Gasteiger partial charge in [-0.25, -0.2) is 0 Å². The van der Waals surface area contributed by atoms with Crippen molar-refractivity contribution in [2.45, 2.75) is 32.4 Å². The zero-order chi connectivity index (χ0) is 13.5. The Morgan fingerprint density at radius 3 is 2.44 bits per heavy atom. The summed E-state index contributed by atoms with van der Waals surface area (Å²) in [4.78, 5) is 11.7. The van der Waals surface area contributed by atoms with Crippen molar-refractivity contribution in [3.63, 3.8) is 0 Å². The van der Waals surface area contributed by atoms with Gasteiger partial charge in [0.15, 0.2) is 0 Å². The molecule has 0 saturated carbocycles. The fraction of sp³-hybridized carbons (Fsp3) is 0.462. The lowest BCUT2D eigenvalue weighted by Gasteiger charge is -2.18. The summed E-state index contributed by atoms with van der Waals surface area (Å²) in [5, 5.41) is 6.11. The average Bonchev–Trinajstić information content (AvgIpc) is 2.30. The van der Waals surface area contributed by atoms with Gasteiger partial charge in [-0.3, -0.25) is 4.79 Å². The largest absolute Gasteiger partial charge is 0.381 e. The van der Waals surface area contributed by atoms with E-state index in [2.05, 4.69) is 26.6 Å². The van der Waals surface area contributed by atoms with E-state index in [9.17, 15) is 4.79 Å². The lowest BCUT2D eigenvalue weighted by atomic mass is 10.1. The minimum absolute atomic E-state index is 0.0186. The maximum Gasteiger partial charge on any atom is 0.222 e. The molecule has 1 unspecified atom stereocenters. The first-order chi connectivity index (χ1) is 8.51. The second kappa shape index (κ2) is 7.38. The van der Waals surface area contributed by atoms with Gasteiger partial charge in [0.2, 0.25) is 5.91 Å². The zero-order valence-electron chi connectivity index (χ0n) is 10.7. The Labute approximate surface area is 116 Å². The van der Waals surface area contributed by atoms with Gasteiger partial charge in [-0.05, 0) is 38.1 Å². The number of amides is 1. The van der Waals surface area contributed by atoms with Crippen LogP contribution in [-0.2, 0) is 4.79 Å². The lowest BCUT2D eigenvalue weighted by Crippen LogP contribution is -2.38. The molecule has 1 atom stereocenters. The third kappa shape index (κ3) is 5.51. The van der Waals surface area contributed by atoms with Gasteiger partial charge in [0.25, 0.3) is 0 Å². The molecule has 0 aliphatic carbocycles. The molecule has 1 aromatic rings. The van der Waals surface area contributed by atoms with Crippen molar-refractivity contribution in [1.82, 2.24) is 5.32 Å². The third-order valence-electron chi connectivity index (χ3n) is 2.38. The van der Waals surface area contributed by atoms with Crippen LogP contribution in [0, 0.1) is 0 Å². The standard InChI is InChI=1S/C13H20BrN3O/c1-9(2)16-13(18)7-12(8-15)17-11-5-3-10(14)4-6-11/h3-6,9,12,17H,7-8,15H2,1-2H3,(H,16,18). The van der Waals surface area contributed by atoms with Gasteiger partial charge in [0.1, 0.15) is 0 Å². The summed E-state index contributed by atoms with van der Waals surface area (Å²) in [5.74, 6) is 0.0186. The van der Waals surface area contributed by atoms with Crippen LogP contribution in [-0.4, -0.2) is 24.5 Å². The predicted molar refractivity (Wildman–Crippen MR) is 78.5 cm³/mol. The molecule has 5 heteroatoms. The van der Waals surface area contributed by atoms with Gasteiger partial charge in [0, 0.05) is 35.2 Å². The number of hydrogen-bond donors (Lipinski definition) is 3. The summed E-state index contributed by atoms with van der Waals surface area (Å²) in [5.41, 5.74) is 6.64. The van der Waals surface area contributed by atoms with Crippen LogP contribution in [0.15, 0.2) is 28.7 Å². The minimum Gasteiger partial charge on any atom is -0.381 e. The molecule has 4 nitrogen and oxygen atoms in total. The molecule has 0 heterocycles. The predicted octanol–water partition coefficient (Wildman–Crippen LogP) is 2.10. The molecule has 0 fully saturated rings. The first-order valence-corrected chi connectivity index (χ1v) is 6.82. The van der Waals surface area contributed by atoms with Crippen molar-refractivity contribution in [3.05, 3.63) is 28.7 Å². The monoisotopic (exact) mass is 313 g/mol. The normalized spacial score (nSPS) is 12.3.